The number of methoxy groups -OCH3 is 1. The molecule has 3 atom stereocenters. The molecule has 0 aliphatic heterocycles. The summed E-state index contributed by atoms with van der Waals surface area (Å²) in [7, 11) is 1.45. The van der Waals surface area contributed by atoms with Gasteiger partial charge >= 0.3 is 0 Å². The van der Waals surface area contributed by atoms with Gasteiger partial charge in [0.05, 0.1) is 29.4 Å². The summed E-state index contributed by atoms with van der Waals surface area (Å²) in [5, 5.41) is 23.3. The largest absolute Gasteiger partial charge is 0.493 e. The highest BCUT2D eigenvalue weighted by Crippen LogP contribution is 2.38. The van der Waals surface area contributed by atoms with Crippen molar-refractivity contribution in [1.82, 2.24) is 10.2 Å². The fourth-order valence-corrected chi connectivity index (χ4v) is 5.15. The fraction of sp³-hybridized carbons (Fsp3) is 0.593. The number of aliphatic hydroxyl groups excluding tert-OH is 2. The Morgan fingerprint density at radius 3 is 2.63 bits per heavy atom. The van der Waals surface area contributed by atoms with E-state index in [2.05, 4.69) is 5.32 Å². The van der Waals surface area contributed by atoms with Gasteiger partial charge in [-0.2, -0.15) is 0 Å². The second-order valence-corrected chi connectivity index (χ2v) is 10.9. The number of carbonyl (C=O) groups is 3. The maximum absolute atomic E-state index is 13.3. The van der Waals surface area contributed by atoms with E-state index in [1.807, 2.05) is 36.4 Å². The molecule has 3 rings (SSSR count). The number of amides is 2. The van der Waals surface area contributed by atoms with Crippen LogP contribution >= 0.6 is 22.6 Å². The molecule has 2 aliphatic rings. The van der Waals surface area contributed by atoms with Crippen molar-refractivity contribution < 1.29 is 38.8 Å². The van der Waals surface area contributed by atoms with E-state index >= 15 is 0 Å². The van der Waals surface area contributed by atoms with Gasteiger partial charge < -0.3 is 34.6 Å². The molecule has 1 saturated carbocycles. The Morgan fingerprint density at radius 1 is 1.29 bits per heavy atom. The van der Waals surface area contributed by atoms with Crippen molar-refractivity contribution in [2.45, 2.75) is 63.9 Å². The molecule has 10 nitrogen and oxygen atoms in total. The minimum atomic E-state index is -1.13. The van der Waals surface area contributed by atoms with E-state index in [1.165, 1.54) is 13.2 Å². The van der Waals surface area contributed by atoms with Gasteiger partial charge in [-0.3, -0.25) is 14.4 Å². The van der Waals surface area contributed by atoms with Gasteiger partial charge in [-0.1, -0.05) is 0 Å². The Morgan fingerprint density at radius 2 is 2.03 bits per heavy atom. The van der Waals surface area contributed by atoms with E-state index in [0.29, 0.717) is 52.1 Å². The lowest BCUT2D eigenvalue weighted by atomic mass is 9.87. The molecule has 1 aromatic rings. The lowest BCUT2D eigenvalue weighted by Gasteiger charge is -2.41. The smallest absolute Gasteiger partial charge is 0.247 e. The van der Waals surface area contributed by atoms with Crippen molar-refractivity contribution >= 4 is 40.7 Å². The first kappa shape index (κ1) is 30.3. The zero-order valence-corrected chi connectivity index (χ0v) is 24.2. The zero-order chi connectivity index (χ0) is 27.8. The quantitative estimate of drug-likeness (QED) is 0.159. The molecule has 1 aromatic carbocycles. The standard InChI is InChI=1S/C27H37IN2O8/c1-16(2)37-10-4-8-30(27(35)18-5-6-18)21-13-19(26(34)29-7-9-31)14-22(24(21)33)38-25-20(28)11-17(15-32)12-23(25)36-3/h11-12,14-16,18,21-22,24,31,33H,4-10,13H2,1-3H3,(H,29,34). The summed E-state index contributed by atoms with van der Waals surface area (Å²) in [6, 6.07) is 2.46. The van der Waals surface area contributed by atoms with E-state index in [1.54, 1.807) is 17.0 Å². The number of ether oxygens (including phenoxy) is 3. The average Bonchev–Trinajstić information content (AvgIpc) is 3.74. The Hall–Kier alpha value is -2.22. The third kappa shape index (κ3) is 7.90. The second kappa shape index (κ2) is 14.2. The number of nitrogens with zero attached hydrogens (tertiary/aromatic N) is 1. The summed E-state index contributed by atoms with van der Waals surface area (Å²) in [5.74, 6) is 0.105. The zero-order valence-electron chi connectivity index (χ0n) is 22.0. The van der Waals surface area contributed by atoms with Gasteiger partial charge in [0.2, 0.25) is 11.8 Å². The molecule has 0 radical (unpaired) electrons. The number of aliphatic hydroxyl groups is 2. The van der Waals surface area contributed by atoms with Crippen LogP contribution in [0.25, 0.3) is 0 Å². The van der Waals surface area contributed by atoms with Crippen LogP contribution in [0.4, 0.5) is 0 Å². The lowest BCUT2D eigenvalue weighted by Crippen LogP contribution is -2.55. The van der Waals surface area contributed by atoms with E-state index in [4.69, 9.17) is 14.2 Å². The summed E-state index contributed by atoms with van der Waals surface area (Å²) in [6.45, 7) is 4.58. The molecule has 2 aliphatic carbocycles. The van der Waals surface area contributed by atoms with Crippen LogP contribution < -0.4 is 14.8 Å². The van der Waals surface area contributed by atoms with E-state index in [-0.39, 0.29) is 37.5 Å². The van der Waals surface area contributed by atoms with Crippen molar-refractivity contribution in [3.8, 4) is 11.5 Å². The third-order valence-electron chi connectivity index (χ3n) is 6.46. The monoisotopic (exact) mass is 644 g/mol. The number of hydrogen-bond acceptors (Lipinski definition) is 8. The Balaban J connectivity index is 1.93. The van der Waals surface area contributed by atoms with E-state index < -0.39 is 24.2 Å². The highest BCUT2D eigenvalue weighted by molar-refractivity contribution is 14.1. The second-order valence-electron chi connectivity index (χ2n) is 9.75. The van der Waals surface area contributed by atoms with E-state index in [0.717, 1.165) is 12.8 Å². The van der Waals surface area contributed by atoms with Crippen LogP contribution in [0.1, 0.15) is 49.9 Å². The molecule has 38 heavy (non-hydrogen) atoms. The lowest BCUT2D eigenvalue weighted by molar-refractivity contribution is -0.140. The molecule has 0 spiro atoms. The molecule has 0 aromatic heterocycles. The van der Waals surface area contributed by atoms with Crippen LogP contribution in [0, 0.1) is 9.49 Å². The van der Waals surface area contributed by atoms with Crippen LogP contribution in [0.5, 0.6) is 11.5 Å². The summed E-state index contributed by atoms with van der Waals surface area (Å²) in [6.07, 6.45) is 2.54. The van der Waals surface area contributed by atoms with Crippen molar-refractivity contribution in [2.75, 3.05) is 33.4 Å². The molecular weight excluding hydrogens is 607 g/mol. The Kier molecular flexibility index (Phi) is 11.4. The highest BCUT2D eigenvalue weighted by atomic mass is 127. The summed E-state index contributed by atoms with van der Waals surface area (Å²) in [5.41, 5.74) is 0.759. The predicted octanol–water partition coefficient (Wildman–Crippen LogP) is 2.08. The summed E-state index contributed by atoms with van der Waals surface area (Å²) >= 11 is 2.02. The van der Waals surface area contributed by atoms with Gasteiger partial charge in [-0.05, 0) is 73.9 Å². The van der Waals surface area contributed by atoms with Gasteiger partial charge in [0.1, 0.15) is 18.5 Å². The average molecular weight is 645 g/mol. The van der Waals surface area contributed by atoms with Crippen LogP contribution in [0.15, 0.2) is 23.8 Å². The topological polar surface area (TPSA) is 135 Å². The van der Waals surface area contributed by atoms with Gasteiger partial charge in [-0.15, -0.1) is 0 Å². The molecule has 0 bridgehead atoms. The number of rotatable bonds is 14. The number of nitrogens with one attached hydrogen (secondary N) is 1. The number of aldehydes is 1. The maximum atomic E-state index is 13.3. The first-order chi connectivity index (χ1) is 18.2. The molecular formula is C27H37IN2O8. The number of carbonyl (C=O) groups excluding carboxylic acids is 3. The van der Waals surface area contributed by atoms with Crippen LogP contribution in [-0.2, 0) is 14.3 Å². The third-order valence-corrected chi connectivity index (χ3v) is 7.26. The Bertz CT molecular complexity index is 1030. The molecule has 11 heteroatoms. The molecule has 3 unspecified atom stereocenters. The van der Waals surface area contributed by atoms with Crippen molar-refractivity contribution in [3.05, 3.63) is 32.9 Å². The van der Waals surface area contributed by atoms with Gasteiger partial charge in [-0.25, -0.2) is 0 Å². The number of hydrogen-bond donors (Lipinski definition) is 3. The number of benzene rings is 1. The van der Waals surface area contributed by atoms with Crippen LogP contribution in [-0.4, -0.2) is 91.0 Å². The molecule has 3 N–H and O–H groups in total. The van der Waals surface area contributed by atoms with Gasteiger partial charge in [0, 0.05) is 43.2 Å². The number of halogens is 1. The fourth-order valence-electron chi connectivity index (χ4n) is 4.40. The van der Waals surface area contributed by atoms with Crippen molar-refractivity contribution in [1.29, 1.82) is 0 Å². The summed E-state index contributed by atoms with van der Waals surface area (Å²) in [4.78, 5) is 39.3. The van der Waals surface area contributed by atoms with Crippen molar-refractivity contribution in [2.24, 2.45) is 5.92 Å². The minimum absolute atomic E-state index is 0.0446. The van der Waals surface area contributed by atoms with Gasteiger partial charge in [0.15, 0.2) is 11.5 Å². The van der Waals surface area contributed by atoms with Crippen LogP contribution in [0.2, 0.25) is 0 Å². The summed E-state index contributed by atoms with van der Waals surface area (Å²) < 4.78 is 17.9. The molecule has 210 valence electrons. The first-order valence-corrected chi connectivity index (χ1v) is 14.0. The van der Waals surface area contributed by atoms with E-state index in [9.17, 15) is 24.6 Å². The molecule has 2 amide bonds. The van der Waals surface area contributed by atoms with Gasteiger partial charge in [0.25, 0.3) is 0 Å². The Labute approximate surface area is 236 Å². The van der Waals surface area contributed by atoms with Crippen molar-refractivity contribution in [3.63, 3.8) is 0 Å². The predicted molar refractivity (Wildman–Crippen MR) is 148 cm³/mol. The maximum Gasteiger partial charge on any atom is 0.247 e. The highest BCUT2D eigenvalue weighted by Gasteiger charge is 2.44. The minimum Gasteiger partial charge on any atom is -0.493 e. The van der Waals surface area contributed by atoms with Crippen LogP contribution in [0.3, 0.4) is 0 Å². The molecule has 0 saturated heterocycles. The first-order valence-electron chi connectivity index (χ1n) is 12.9. The normalized spacial score (nSPS) is 21.0. The molecule has 0 heterocycles. The SMILES string of the molecule is COc1cc(C=O)cc(I)c1OC1C=C(C(=O)NCCO)CC(N(CCCOC(C)C)C(=O)C2CC2)C1O. The molecule has 1 fully saturated rings.